The van der Waals surface area contributed by atoms with Crippen molar-refractivity contribution >= 4 is 23.2 Å². The number of aromatic nitrogens is 1. The van der Waals surface area contributed by atoms with Crippen LogP contribution in [0.5, 0.6) is 0 Å². The van der Waals surface area contributed by atoms with Gasteiger partial charge in [-0.2, -0.15) is 0 Å². The number of carbonyl (C=O) groups is 2. The van der Waals surface area contributed by atoms with Crippen molar-refractivity contribution in [3.8, 4) is 10.6 Å². The Morgan fingerprint density at radius 1 is 1.00 bits per heavy atom. The summed E-state index contributed by atoms with van der Waals surface area (Å²) >= 11 is 1.44. The quantitative estimate of drug-likeness (QED) is 0.742. The monoisotopic (exact) mass is 351 g/mol. The third-order valence-corrected chi connectivity index (χ3v) is 4.55. The fourth-order valence-electron chi connectivity index (χ4n) is 2.28. The second-order valence-corrected chi connectivity index (χ2v) is 6.22. The van der Waals surface area contributed by atoms with Gasteiger partial charge in [-0.1, -0.05) is 42.5 Å². The Morgan fingerprint density at radius 3 is 2.40 bits per heavy atom. The molecule has 0 aliphatic heterocycles. The summed E-state index contributed by atoms with van der Waals surface area (Å²) in [5.74, 6) is -0.347. The van der Waals surface area contributed by atoms with Gasteiger partial charge in [0.05, 0.1) is 0 Å². The molecule has 0 atom stereocenters. The predicted octanol–water partition coefficient (Wildman–Crippen LogP) is 3.10. The highest BCUT2D eigenvalue weighted by molar-refractivity contribution is 7.13. The Labute approximate surface area is 149 Å². The first-order chi connectivity index (χ1) is 12.2. The number of amides is 2. The van der Waals surface area contributed by atoms with Gasteiger partial charge in [-0.3, -0.25) is 9.59 Å². The molecule has 0 unspecified atom stereocenters. The summed E-state index contributed by atoms with van der Waals surface area (Å²) in [4.78, 5) is 28.2. The predicted molar refractivity (Wildman–Crippen MR) is 98.6 cm³/mol. The molecule has 0 radical (unpaired) electrons. The van der Waals surface area contributed by atoms with Crippen molar-refractivity contribution in [1.82, 2.24) is 15.6 Å². The molecule has 2 N–H and O–H groups in total. The normalized spacial score (nSPS) is 10.3. The standard InChI is InChI=1S/C19H17N3O2S/c1-20-17(23)14-9-7-13(8-10-14)11-21-18(24)16-12-25-19(22-16)15-5-3-2-4-6-15/h2-10,12H,11H2,1H3,(H,20,23)(H,21,24). The molecule has 0 aliphatic carbocycles. The van der Waals surface area contributed by atoms with Crippen LogP contribution in [0.3, 0.4) is 0 Å². The third kappa shape index (κ3) is 4.10. The first-order valence-electron chi connectivity index (χ1n) is 7.77. The summed E-state index contributed by atoms with van der Waals surface area (Å²) in [5.41, 5.74) is 2.91. The first-order valence-corrected chi connectivity index (χ1v) is 8.65. The molecule has 3 aromatic rings. The molecule has 0 spiro atoms. The molecule has 5 nitrogen and oxygen atoms in total. The van der Waals surface area contributed by atoms with Crippen LogP contribution in [0.25, 0.3) is 10.6 Å². The molecule has 6 heteroatoms. The van der Waals surface area contributed by atoms with Crippen molar-refractivity contribution < 1.29 is 9.59 Å². The lowest BCUT2D eigenvalue weighted by atomic mass is 10.1. The van der Waals surface area contributed by atoms with Crippen molar-refractivity contribution in [2.75, 3.05) is 7.05 Å². The number of rotatable bonds is 5. The van der Waals surface area contributed by atoms with Gasteiger partial charge in [-0.05, 0) is 17.7 Å². The van der Waals surface area contributed by atoms with Gasteiger partial charge in [0.15, 0.2) is 0 Å². The lowest BCUT2D eigenvalue weighted by Crippen LogP contribution is -2.23. The fourth-order valence-corrected chi connectivity index (χ4v) is 3.09. The Kier molecular flexibility index (Phi) is 5.20. The van der Waals surface area contributed by atoms with E-state index in [2.05, 4.69) is 15.6 Å². The van der Waals surface area contributed by atoms with Crippen molar-refractivity contribution in [2.24, 2.45) is 0 Å². The second kappa shape index (κ2) is 7.72. The van der Waals surface area contributed by atoms with E-state index in [4.69, 9.17) is 0 Å². The minimum absolute atomic E-state index is 0.133. The van der Waals surface area contributed by atoms with Crippen molar-refractivity contribution in [3.63, 3.8) is 0 Å². The van der Waals surface area contributed by atoms with Gasteiger partial charge in [-0.25, -0.2) is 4.98 Å². The maximum atomic E-state index is 12.3. The molecular formula is C19H17N3O2S. The van der Waals surface area contributed by atoms with Crippen molar-refractivity contribution in [3.05, 3.63) is 76.8 Å². The number of nitrogens with one attached hydrogen (secondary N) is 2. The molecule has 0 aliphatic rings. The number of thiazole rings is 1. The summed E-state index contributed by atoms with van der Waals surface area (Å²) in [7, 11) is 1.59. The zero-order chi connectivity index (χ0) is 17.6. The van der Waals surface area contributed by atoms with Gasteiger partial charge in [0.1, 0.15) is 10.7 Å². The zero-order valence-corrected chi connectivity index (χ0v) is 14.5. The summed E-state index contributed by atoms with van der Waals surface area (Å²) in [5, 5.41) is 8.00. The van der Waals surface area contributed by atoms with Crippen LogP contribution >= 0.6 is 11.3 Å². The van der Waals surface area contributed by atoms with E-state index in [9.17, 15) is 9.59 Å². The average molecular weight is 351 g/mol. The SMILES string of the molecule is CNC(=O)c1ccc(CNC(=O)c2csc(-c3ccccc3)n2)cc1. The molecule has 2 aromatic carbocycles. The van der Waals surface area contributed by atoms with Crippen LogP contribution in [0, 0.1) is 0 Å². The van der Waals surface area contributed by atoms with Crippen LogP contribution < -0.4 is 10.6 Å². The molecule has 3 rings (SSSR count). The Hall–Kier alpha value is -2.99. The Balaban J connectivity index is 1.61. The molecule has 126 valence electrons. The number of hydrogen-bond acceptors (Lipinski definition) is 4. The lowest BCUT2D eigenvalue weighted by molar-refractivity contribution is 0.0942. The highest BCUT2D eigenvalue weighted by Gasteiger charge is 2.11. The third-order valence-electron chi connectivity index (χ3n) is 3.65. The van der Waals surface area contributed by atoms with E-state index >= 15 is 0 Å². The summed E-state index contributed by atoms with van der Waals surface area (Å²) in [6.07, 6.45) is 0. The molecule has 0 fully saturated rings. The van der Waals surface area contributed by atoms with Gasteiger partial charge < -0.3 is 10.6 Å². The van der Waals surface area contributed by atoms with E-state index in [-0.39, 0.29) is 11.8 Å². The van der Waals surface area contributed by atoms with Crippen molar-refractivity contribution in [2.45, 2.75) is 6.54 Å². The fraction of sp³-hybridized carbons (Fsp3) is 0.105. The van der Waals surface area contributed by atoms with E-state index in [1.807, 2.05) is 42.5 Å². The zero-order valence-electron chi connectivity index (χ0n) is 13.7. The minimum Gasteiger partial charge on any atom is -0.355 e. The Bertz CT molecular complexity index is 873. The number of carbonyl (C=O) groups excluding carboxylic acids is 2. The molecule has 0 saturated heterocycles. The molecule has 1 heterocycles. The van der Waals surface area contributed by atoms with Gasteiger partial charge in [0.25, 0.3) is 11.8 Å². The highest BCUT2D eigenvalue weighted by atomic mass is 32.1. The van der Waals surface area contributed by atoms with Crippen LogP contribution in [0.15, 0.2) is 60.0 Å². The van der Waals surface area contributed by atoms with Gasteiger partial charge >= 0.3 is 0 Å². The van der Waals surface area contributed by atoms with Gasteiger partial charge in [-0.15, -0.1) is 11.3 Å². The van der Waals surface area contributed by atoms with Crippen LogP contribution in [0.1, 0.15) is 26.4 Å². The van der Waals surface area contributed by atoms with E-state index in [0.717, 1.165) is 16.1 Å². The van der Waals surface area contributed by atoms with Crippen LogP contribution in [0.4, 0.5) is 0 Å². The van der Waals surface area contributed by atoms with Gasteiger partial charge in [0.2, 0.25) is 0 Å². The lowest BCUT2D eigenvalue weighted by Gasteiger charge is -2.05. The smallest absolute Gasteiger partial charge is 0.271 e. The Morgan fingerprint density at radius 2 is 1.72 bits per heavy atom. The average Bonchev–Trinajstić information content (AvgIpc) is 3.17. The number of nitrogens with zero attached hydrogens (tertiary/aromatic N) is 1. The molecule has 0 saturated carbocycles. The summed E-state index contributed by atoms with van der Waals surface area (Å²) < 4.78 is 0. The largest absolute Gasteiger partial charge is 0.355 e. The molecular weight excluding hydrogens is 334 g/mol. The number of hydrogen-bond donors (Lipinski definition) is 2. The van der Waals surface area contributed by atoms with E-state index in [1.54, 1.807) is 24.6 Å². The number of benzene rings is 2. The van der Waals surface area contributed by atoms with Crippen LogP contribution in [0.2, 0.25) is 0 Å². The highest BCUT2D eigenvalue weighted by Crippen LogP contribution is 2.23. The first kappa shape index (κ1) is 16.9. The second-order valence-electron chi connectivity index (χ2n) is 5.36. The topological polar surface area (TPSA) is 71.1 Å². The molecule has 0 bridgehead atoms. The maximum Gasteiger partial charge on any atom is 0.271 e. The van der Waals surface area contributed by atoms with Crippen LogP contribution in [-0.4, -0.2) is 23.8 Å². The van der Waals surface area contributed by atoms with Crippen molar-refractivity contribution in [1.29, 1.82) is 0 Å². The molecule has 2 amide bonds. The van der Waals surface area contributed by atoms with E-state index < -0.39 is 0 Å². The van der Waals surface area contributed by atoms with Gasteiger partial charge in [0, 0.05) is 30.1 Å². The van der Waals surface area contributed by atoms with Crippen LogP contribution in [-0.2, 0) is 6.54 Å². The summed E-state index contributed by atoms with van der Waals surface area (Å²) in [6, 6.07) is 16.9. The maximum absolute atomic E-state index is 12.3. The minimum atomic E-state index is -0.214. The molecule has 1 aromatic heterocycles. The van der Waals surface area contributed by atoms with E-state index in [0.29, 0.717) is 17.8 Å². The molecule has 25 heavy (non-hydrogen) atoms. The summed E-state index contributed by atoms with van der Waals surface area (Å²) in [6.45, 7) is 0.380. The van der Waals surface area contributed by atoms with E-state index in [1.165, 1.54) is 11.3 Å².